The normalized spacial score (nSPS) is 13.9. The lowest BCUT2D eigenvalue weighted by atomic mass is 9.95. The number of nitro benzene ring substituents is 1. The van der Waals surface area contributed by atoms with Crippen LogP contribution in [0.5, 0.6) is 0 Å². The molecular formula is C25H17N5O4S. The quantitative estimate of drug-likeness (QED) is 0.233. The number of amides is 2. The molecule has 0 spiro atoms. The minimum absolute atomic E-state index is 0.0449. The summed E-state index contributed by atoms with van der Waals surface area (Å²) in [6.45, 7) is 0. The van der Waals surface area contributed by atoms with E-state index in [1.807, 2.05) is 41.4 Å². The molecule has 0 radical (unpaired) electrons. The van der Waals surface area contributed by atoms with Crippen molar-refractivity contribution in [1.29, 1.82) is 0 Å². The molecule has 6 rings (SSSR count). The summed E-state index contributed by atoms with van der Waals surface area (Å²) >= 11 is 1.54. The third-order valence-electron chi connectivity index (χ3n) is 6.32. The van der Waals surface area contributed by atoms with Crippen LogP contribution in [-0.2, 0) is 23.7 Å². The van der Waals surface area contributed by atoms with Gasteiger partial charge in [-0.15, -0.1) is 11.3 Å². The Hall–Kier alpha value is -4.57. The summed E-state index contributed by atoms with van der Waals surface area (Å²) in [7, 11) is 3.64. The number of fused-ring (bicyclic) bond motifs is 2. The molecule has 0 saturated carbocycles. The number of carbonyl (C=O) groups is 2. The van der Waals surface area contributed by atoms with Gasteiger partial charge in [-0.2, -0.15) is 0 Å². The number of rotatable bonds is 4. The smallest absolute Gasteiger partial charge is 0.271 e. The molecule has 1 N–H and O–H groups in total. The number of non-ortho nitro benzene ring substituents is 1. The monoisotopic (exact) mass is 483 g/mol. The molecule has 0 saturated heterocycles. The van der Waals surface area contributed by atoms with Gasteiger partial charge in [-0.25, -0.2) is 4.98 Å². The molecule has 5 aromatic rings. The Balaban J connectivity index is 1.60. The molecule has 3 aromatic heterocycles. The molecule has 0 unspecified atom stereocenters. The van der Waals surface area contributed by atoms with Crippen LogP contribution < -0.4 is 5.32 Å². The van der Waals surface area contributed by atoms with Crippen LogP contribution in [0.25, 0.3) is 43.5 Å². The predicted octanol–water partition coefficient (Wildman–Crippen LogP) is 4.27. The van der Waals surface area contributed by atoms with Gasteiger partial charge in [0.05, 0.1) is 21.6 Å². The second-order valence-electron chi connectivity index (χ2n) is 8.37. The average molecular weight is 484 g/mol. The number of nitro groups is 1. The van der Waals surface area contributed by atoms with Gasteiger partial charge in [0.2, 0.25) is 0 Å². The van der Waals surface area contributed by atoms with E-state index in [1.54, 1.807) is 41.4 Å². The van der Waals surface area contributed by atoms with Crippen molar-refractivity contribution in [1.82, 2.24) is 19.4 Å². The number of hydrogen-bond donors (Lipinski definition) is 1. The number of hydrogen-bond acceptors (Lipinski definition) is 6. The Bertz CT molecular complexity index is 1760. The summed E-state index contributed by atoms with van der Waals surface area (Å²) < 4.78 is 3.65. The van der Waals surface area contributed by atoms with Gasteiger partial charge in [-0.05, 0) is 12.1 Å². The van der Waals surface area contributed by atoms with E-state index in [1.165, 1.54) is 12.1 Å². The van der Waals surface area contributed by atoms with E-state index in [9.17, 15) is 19.7 Å². The number of aryl methyl sites for hydroxylation is 2. The van der Waals surface area contributed by atoms with Crippen LogP contribution in [0.1, 0.15) is 11.1 Å². The van der Waals surface area contributed by atoms with E-state index in [0.29, 0.717) is 22.0 Å². The van der Waals surface area contributed by atoms with Gasteiger partial charge >= 0.3 is 0 Å². The van der Waals surface area contributed by atoms with E-state index < -0.39 is 16.7 Å². The second kappa shape index (κ2) is 7.47. The van der Waals surface area contributed by atoms with E-state index in [0.717, 1.165) is 21.5 Å². The summed E-state index contributed by atoms with van der Waals surface area (Å²) in [5.41, 5.74) is 4.16. The van der Waals surface area contributed by atoms with Crippen LogP contribution in [0.15, 0.2) is 60.4 Å². The Morgan fingerprint density at radius 3 is 2.09 bits per heavy atom. The van der Waals surface area contributed by atoms with E-state index >= 15 is 0 Å². The van der Waals surface area contributed by atoms with Crippen molar-refractivity contribution < 1.29 is 14.5 Å². The second-order valence-corrected chi connectivity index (χ2v) is 9.26. The maximum atomic E-state index is 13.1. The third kappa shape index (κ3) is 3.11. The highest BCUT2D eigenvalue weighted by Gasteiger charge is 2.35. The van der Waals surface area contributed by atoms with Crippen molar-refractivity contribution >= 4 is 61.8 Å². The summed E-state index contributed by atoms with van der Waals surface area (Å²) in [4.78, 5) is 41.3. The number of thiazole rings is 1. The van der Waals surface area contributed by atoms with Crippen LogP contribution in [0.4, 0.5) is 5.69 Å². The Labute approximate surface area is 202 Å². The molecule has 1 aliphatic heterocycles. The molecule has 4 heterocycles. The lowest BCUT2D eigenvalue weighted by Gasteiger charge is -2.04. The Morgan fingerprint density at radius 2 is 1.51 bits per heavy atom. The summed E-state index contributed by atoms with van der Waals surface area (Å²) in [6, 6.07) is 10.4. The first-order valence-corrected chi connectivity index (χ1v) is 11.5. The third-order valence-corrected chi connectivity index (χ3v) is 7.15. The maximum Gasteiger partial charge on any atom is 0.271 e. The number of carbonyl (C=O) groups excluding carboxylic acids is 2. The molecule has 0 fully saturated rings. The minimum atomic E-state index is -0.493. The minimum Gasteiger partial charge on any atom is -0.350 e. The Kier molecular flexibility index (Phi) is 4.48. The number of benzene rings is 2. The molecule has 1 aliphatic rings. The van der Waals surface area contributed by atoms with Crippen molar-refractivity contribution in [2.75, 3.05) is 0 Å². The highest BCUT2D eigenvalue weighted by Crippen LogP contribution is 2.40. The molecule has 9 nitrogen and oxygen atoms in total. The van der Waals surface area contributed by atoms with Crippen molar-refractivity contribution in [2.24, 2.45) is 14.1 Å². The molecule has 2 amide bonds. The Morgan fingerprint density at radius 1 is 0.914 bits per heavy atom. The average Bonchev–Trinajstić information content (AvgIpc) is 3.60. The molecule has 2 aromatic carbocycles. The largest absolute Gasteiger partial charge is 0.350 e. The van der Waals surface area contributed by atoms with E-state index in [4.69, 9.17) is 0 Å². The van der Waals surface area contributed by atoms with Crippen molar-refractivity contribution in [3.8, 4) is 10.6 Å². The lowest BCUT2D eigenvalue weighted by molar-refractivity contribution is -0.384. The first-order valence-electron chi connectivity index (χ1n) is 10.7. The van der Waals surface area contributed by atoms with Crippen LogP contribution in [-0.4, -0.2) is 30.9 Å². The molecule has 35 heavy (non-hydrogen) atoms. The molecular weight excluding hydrogens is 466 g/mol. The zero-order valence-corrected chi connectivity index (χ0v) is 19.4. The molecule has 0 atom stereocenters. The topological polar surface area (TPSA) is 112 Å². The molecule has 0 aliphatic carbocycles. The molecule has 10 heteroatoms. The van der Waals surface area contributed by atoms with Crippen LogP contribution in [0.3, 0.4) is 0 Å². The molecule has 172 valence electrons. The van der Waals surface area contributed by atoms with Gasteiger partial charge in [-0.1, -0.05) is 12.1 Å². The van der Waals surface area contributed by atoms with Crippen LogP contribution in [0.2, 0.25) is 0 Å². The number of imide groups is 1. The van der Waals surface area contributed by atoms with Gasteiger partial charge in [-0.3, -0.25) is 25.0 Å². The fraction of sp³-hybridized carbons (Fsp3) is 0.0800. The highest BCUT2D eigenvalue weighted by molar-refractivity contribution is 7.13. The zero-order valence-electron chi connectivity index (χ0n) is 18.6. The fourth-order valence-corrected chi connectivity index (χ4v) is 5.37. The van der Waals surface area contributed by atoms with Gasteiger partial charge < -0.3 is 9.13 Å². The number of nitrogens with zero attached hydrogens (tertiary/aromatic N) is 4. The van der Waals surface area contributed by atoms with Crippen LogP contribution >= 0.6 is 11.3 Å². The maximum absolute atomic E-state index is 13.1. The van der Waals surface area contributed by atoms with Gasteiger partial charge in [0.15, 0.2) is 0 Å². The molecule has 0 bridgehead atoms. The number of aromatic nitrogens is 3. The van der Waals surface area contributed by atoms with Gasteiger partial charge in [0.25, 0.3) is 17.5 Å². The van der Waals surface area contributed by atoms with Crippen molar-refractivity contribution in [3.05, 3.63) is 81.6 Å². The first-order chi connectivity index (χ1) is 16.8. The fourth-order valence-electron chi connectivity index (χ4n) is 4.74. The lowest BCUT2D eigenvalue weighted by Crippen LogP contribution is -2.22. The first kappa shape index (κ1) is 21.0. The van der Waals surface area contributed by atoms with E-state index in [-0.39, 0.29) is 16.8 Å². The van der Waals surface area contributed by atoms with Crippen molar-refractivity contribution in [2.45, 2.75) is 0 Å². The SMILES string of the molecule is Cn1cc(C2=C(c3cn(C)c4cc([N+](=O)[O-])ccc34)C(=O)NC2=O)c2ccc(-c3nccs3)cc21. The summed E-state index contributed by atoms with van der Waals surface area (Å²) in [5, 5.41) is 18.0. The predicted molar refractivity (Wildman–Crippen MR) is 134 cm³/mol. The van der Waals surface area contributed by atoms with Crippen LogP contribution in [0, 0.1) is 10.1 Å². The standard InChI is InChI=1S/C25H17N5O4S/c1-28-11-17(15-5-3-13(9-19(15)28)25-26-7-8-35-25)21-22(24(32)27-23(21)31)18-12-29(2)20-10-14(30(33)34)4-6-16(18)20/h3-12H,1-2H3,(H,27,31,32). The van der Waals surface area contributed by atoms with Crippen molar-refractivity contribution in [3.63, 3.8) is 0 Å². The number of nitrogens with one attached hydrogen (secondary N) is 1. The summed E-state index contributed by atoms with van der Waals surface area (Å²) in [6.07, 6.45) is 5.33. The highest BCUT2D eigenvalue weighted by atomic mass is 32.1. The van der Waals surface area contributed by atoms with Gasteiger partial charge in [0.1, 0.15) is 5.01 Å². The summed E-state index contributed by atoms with van der Waals surface area (Å²) in [5.74, 6) is -0.965. The van der Waals surface area contributed by atoms with Gasteiger partial charge in [0, 0.05) is 83.2 Å². The van der Waals surface area contributed by atoms with E-state index in [2.05, 4.69) is 10.3 Å². The zero-order chi connectivity index (χ0) is 24.4.